The van der Waals surface area contributed by atoms with E-state index < -0.39 is 23.8 Å². The van der Waals surface area contributed by atoms with Crippen molar-refractivity contribution in [3.63, 3.8) is 0 Å². The van der Waals surface area contributed by atoms with E-state index in [9.17, 15) is 14.4 Å². The largest absolute Gasteiger partial charge is 0.466 e. The SMILES string of the molecule is CCOC(=O)CCC(=O)N[C@@H](Cc1cc(Cl)ccc1Br)C(N)=O. The molecule has 0 spiro atoms. The van der Waals surface area contributed by atoms with Gasteiger partial charge in [0.2, 0.25) is 11.8 Å². The predicted octanol–water partition coefficient (Wildman–Crippen LogP) is 1.96. The third-order valence-electron chi connectivity index (χ3n) is 2.97. The van der Waals surface area contributed by atoms with Crippen LogP contribution < -0.4 is 11.1 Å². The summed E-state index contributed by atoms with van der Waals surface area (Å²) in [5, 5.41) is 3.04. The normalized spacial score (nSPS) is 11.6. The van der Waals surface area contributed by atoms with Gasteiger partial charge in [0, 0.05) is 22.3 Å². The molecule has 0 aromatic heterocycles. The van der Waals surface area contributed by atoms with Crippen molar-refractivity contribution in [3.8, 4) is 0 Å². The zero-order chi connectivity index (χ0) is 17.4. The topological polar surface area (TPSA) is 98.5 Å². The number of rotatable bonds is 8. The van der Waals surface area contributed by atoms with E-state index in [0.29, 0.717) is 5.02 Å². The summed E-state index contributed by atoms with van der Waals surface area (Å²) in [6.45, 7) is 1.94. The van der Waals surface area contributed by atoms with Crippen molar-refractivity contribution < 1.29 is 19.1 Å². The number of hydrogen-bond donors (Lipinski definition) is 2. The van der Waals surface area contributed by atoms with E-state index in [0.717, 1.165) is 10.0 Å². The van der Waals surface area contributed by atoms with Crippen LogP contribution in [0.25, 0.3) is 0 Å². The molecule has 6 nitrogen and oxygen atoms in total. The molecule has 0 aliphatic carbocycles. The summed E-state index contributed by atoms with van der Waals surface area (Å²) in [5.74, 6) is -1.57. The van der Waals surface area contributed by atoms with Crippen LogP contribution in [-0.4, -0.2) is 30.4 Å². The number of esters is 1. The molecule has 1 atom stereocenters. The zero-order valence-electron chi connectivity index (χ0n) is 12.6. The number of ether oxygens (including phenoxy) is 1. The second-order valence-electron chi connectivity index (χ2n) is 4.77. The molecule has 0 saturated carbocycles. The van der Waals surface area contributed by atoms with Gasteiger partial charge in [-0.05, 0) is 30.7 Å². The molecule has 1 rings (SSSR count). The minimum atomic E-state index is -0.889. The smallest absolute Gasteiger partial charge is 0.306 e. The van der Waals surface area contributed by atoms with E-state index in [-0.39, 0.29) is 25.9 Å². The minimum Gasteiger partial charge on any atom is -0.466 e. The van der Waals surface area contributed by atoms with Gasteiger partial charge in [0.05, 0.1) is 13.0 Å². The Morgan fingerprint density at radius 1 is 1.35 bits per heavy atom. The summed E-state index contributed by atoms with van der Waals surface area (Å²) in [6, 6.07) is 4.25. The lowest BCUT2D eigenvalue weighted by Gasteiger charge is -2.16. The van der Waals surface area contributed by atoms with Crippen molar-refractivity contribution in [1.82, 2.24) is 5.32 Å². The third-order valence-corrected chi connectivity index (χ3v) is 3.98. The Labute approximate surface area is 147 Å². The van der Waals surface area contributed by atoms with Crippen molar-refractivity contribution in [2.75, 3.05) is 6.61 Å². The Balaban J connectivity index is 2.65. The van der Waals surface area contributed by atoms with Gasteiger partial charge in [-0.1, -0.05) is 27.5 Å². The molecule has 1 aromatic carbocycles. The molecule has 0 heterocycles. The standard InChI is InChI=1S/C15H18BrClN2O4/c1-2-23-14(21)6-5-13(20)19-12(15(18)22)8-9-7-10(17)3-4-11(9)16/h3-4,7,12H,2,5-6,8H2,1H3,(H2,18,22)(H,19,20)/t12-/m0/s1. The van der Waals surface area contributed by atoms with Crippen LogP contribution in [0.2, 0.25) is 5.02 Å². The van der Waals surface area contributed by atoms with Crippen LogP contribution in [0.5, 0.6) is 0 Å². The first-order valence-corrected chi connectivity index (χ1v) is 8.18. The van der Waals surface area contributed by atoms with E-state index in [1.54, 1.807) is 25.1 Å². The Kier molecular flexibility index (Phi) is 8.05. The van der Waals surface area contributed by atoms with Crippen LogP contribution in [0.1, 0.15) is 25.3 Å². The van der Waals surface area contributed by atoms with Gasteiger partial charge in [-0.25, -0.2) is 0 Å². The van der Waals surface area contributed by atoms with Crippen molar-refractivity contribution in [1.29, 1.82) is 0 Å². The lowest BCUT2D eigenvalue weighted by atomic mass is 10.1. The van der Waals surface area contributed by atoms with Crippen molar-refractivity contribution in [3.05, 3.63) is 33.3 Å². The number of amides is 2. The van der Waals surface area contributed by atoms with Crippen molar-refractivity contribution in [2.45, 2.75) is 32.2 Å². The number of hydrogen-bond acceptors (Lipinski definition) is 4. The highest BCUT2D eigenvalue weighted by Crippen LogP contribution is 2.22. The number of benzene rings is 1. The Morgan fingerprint density at radius 2 is 2.04 bits per heavy atom. The molecule has 8 heteroatoms. The molecule has 0 unspecified atom stereocenters. The van der Waals surface area contributed by atoms with Crippen LogP contribution in [0, 0.1) is 0 Å². The van der Waals surface area contributed by atoms with Gasteiger partial charge in [-0.15, -0.1) is 0 Å². The highest BCUT2D eigenvalue weighted by atomic mass is 79.9. The first kappa shape index (κ1) is 19.4. The molecule has 0 saturated heterocycles. The molecule has 1 aromatic rings. The number of halogens is 2. The maximum atomic E-state index is 11.8. The van der Waals surface area contributed by atoms with Gasteiger partial charge in [-0.2, -0.15) is 0 Å². The lowest BCUT2D eigenvalue weighted by molar-refractivity contribution is -0.144. The van der Waals surface area contributed by atoms with Crippen LogP contribution in [-0.2, 0) is 25.5 Å². The Bertz CT molecular complexity index is 595. The summed E-state index contributed by atoms with van der Waals surface area (Å²) in [6.07, 6.45) is 0.0764. The maximum Gasteiger partial charge on any atom is 0.306 e. The second-order valence-corrected chi connectivity index (χ2v) is 6.06. The minimum absolute atomic E-state index is 0.0496. The molecule has 3 N–H and O–H groups in total. The van der Waals surface area contributed by atoms with E-state index in [4.69, 9.17) is 22.1 Å². The molecule has 2 amide bonds. The van der Waals surface area contributed by atoms with E-state index in [1.165, 1.54) is 0 Å². The fourth-order valence-electron chi connectivity index (χ4n) is 1.86. The average Bonchev–Trinajstić information content (AvgIpc) is 2.48. The number of nitrogens with two attached hydrogens (primary N) is 1. The van der Waals surface area contributed by atoms with Gasteiger partial charge in [0.25, 0.3) is 0 Å². The number of carbonyl (C=O) groups excluding carboxylic acids is 3. The quantitative estimate of drug-likeness (QED) is 0.646. The second kappa shape index (κ2) is 9.52. The summed E-state index contributed by atoms with van der Waals surface area (Å²) >= 11 is 9.28. The summed E-state index contributed by atoms with van der Waals surface area (Å²) in [5.41, 5.74) is 6.07. The molecule has 126 valence electrons. The molecule has 0 aliphatic rings. The van der Waals surface area contributed by atoms with Gasteiger partial charge >= 0.3 is 5.97 Å². The van der Waals surface area contributed by atoms with Crippen LogP contribution in [0.3, 0.4) is 0 Å². The van der Waals surface area contributed by atoms with Gasteiger partial charge < -0.3 is 15.8 Å². The fourth-order valence-corrected chi connectivity index (χ4v) is 2.46. The van der Waals surface area contributed by atoms with E-state index >= 15 is 0 Å². The average molecular weight is 406 g/mol. The summed E-state index contributed by atoms with van der Waals surface area (Å²) < 4.78 is 5.50. The highest BCUT2D eigenvalue weighted by molar-refractivity contribution is 9.10. The molecule has 0 radical (unpaired) electrons. The Hall–Kier alpha value is -1.60. The number of primary amides is 1. The fraction of sp³-hybridized carbons (Fsp3) is 0.400. The molecule has 0 fully saturated rings. The van der Waals surface area contributed by atoms with Gasteiger partial charge in [-0.3, -0.25) is 14.4 Å². The zero-order valence-corrected chi connectivity index (χ0v) is 14.9. The molecular formula is C15H18BrClN2O4. The number of carbonyl (C=O) groups is 3. The lowest BCUT2D eigenvalue weighted by Crippen LogP contribution is -2.46. The highest BCUT2D eigenvalue weighted by Gasteiger charge is 2.20. The molecule has 0 bridgehead atoms. The summed E-state index contributed by atoms with van der Waals surface area (Å²) in [7, 11) is 0. The molecule has 23 heavy (non-hydrogen) atoms. The van der Waals surface area contributed by atoms with Crippen LogP contribution >= 0.6 is 27.5 Å². The molecular weight excluding hydrogens is 388 g/mol. The predicted molar refractivity (Wildman–Crippen MR) is 89.8 cm³/mol. The summed E-state index contributed by atoms with van der Waals surface area (Å²) in [4.78, 5) is 34.6. The maximum absolute atomic E-state index is 11.8. The number of nitrogens with one attached hydrogen (secondary N) is 1. The molecule has 0 aliphatic heterocycles. The third kappa shape index (κ3) is 7.00. The Morgan fingerprint density at radius 3 is 2.65 bits per heavy atom. The van der Waals surface area contributed by atoms with Crippen molar-refractivity contribution >= 4 is 45.3 Å². The van der Waals surface area contributed by atoms with Gasteiger partial charge in [0.15, 0.2) is 0 Å². The van der Waals surface area contributed by atoms with Crippen LogP contribution in [0.15, 0.2) is 22.7 Å². The van der Waals surface area contributed by atoms with Gasteiger partial charge in [0.1, 0.15) is 6.04 Å². The first-order chi connectivity index (χ1) is 10.8. The van der Waals surface area contributed by atoms with Crippen LogP contribution in [0.4, 0.5) is 0 Å². The first-order valence-electron chi connectivity index (χ1n) is 7.01. The van der Waals surface area contributed by atoms with E-state index in [2.05, 4.69) is 21.2 Å². The van der Waals surface area contributed by atoms with Crippen molar-refractivity contribution in [2.24, 2.45) is 5.73 Å². The monoisotopic (exact) mass is 404 g/mol. The van der Waals surface area contributed by atoms with E-state index in [1.807, 2.05) is 0 Å².